The van der Waals surface area contributed by atoms with Crippen molar-refractivity contribution in [3.05, 3.63) is 182 Å². The summed E-state index contributed by atoms with van der Waals surface area (Å²) in [6.07, 6.45) is 0. The van der Waals surface area contributed by atoms with Crippen LogP contribution in [0.25, 0.3) is 111 Å². The third-order valence-electron chi connectivity index (χ3n) is 10.5. The van der Waals surface area contributed by atoms with Gasteiger partial charge in [0.2, 0.25) is 0 Å². The average molecular weight is 703 g/mol. The molecule has 0 saturated heterocycles. The molecule has 0 amide bonds. The molecule has 0 unspecified atom stereocenters. The number of furan rings is 1. The Bertz CT molecular complexity index is 3260. The average Bonchev–Trinajstić information content (AvgIpc) is 3.64. The fourth-order valence-corrected chi connectivity index (χ4v) is 7.73. The summed E-state index contributed by atoms with van der Waals surface area (Å²) in [5.74, 6) is 0. The highest BCUT2D eigenvalue weighted by Gasteiger charge is 2.17. The van der Waals surface area contributed by atoms with E-state index in [0.717, 1.165) is 111 Å². The fourth-order valence-electron chi connectivity index (χ4n) is 7.73. The summed E-state index contributed by atoms with van der Waals surface area (Å²) in [5.41, 5.74) is 14.8. The zero-order valence-corrected chi connectivity index (χ0v) is 29.5. The van der Waals surface area contributed by atoms with E-state index in [4.69, 9.17) is 24.4 Å². The van der Waals surface area contributed by atoms with Gasteiger partial charge in [0.15, 0.2) is 0 Å². The first-order valence-corrected chi connectivity index (χ1v) is 18.4. The molecule has 5 nitrogen and oxygen atoms in total. The van der Waals surface area contributed by atoms with E-state index >= 15 is 0 Å². The van der Waals surface area contributed by atoms with Gasteiger partial charge in [-0.3, -0.25) is 0 Å². The van der Waals surface area contributed by atoms with Gasteiger partial charge in [0.1, 0.15) is 11.2 Å². The maximum Gasteiger partial charge on any atom is 0.136 e. The van der Waals surface area contributed by atoms with Crippen molar-refractivity contribution < 1.29 is 4.42 Å². The lowest BCUT2D eigenvalue weighted by molar-refractivity contribution is 0.669. The maximum atomic E-state index is 6.20. The molecule has 5 heteroatoms. The minimum Gasteiger partial charge on any atom is -0.456 e. The lowest BCUT2D eigenvalue weighted by atomic mass is 9.98. The molecule has 4 heterocycles. The molecule has 0 radical (unpaired) electrons. The number of rotatable bonds is 5. The van der Waals surface area contributed by atoms with Crippen LogP contribution in [0.4, 0.5) is 0 Å². The summed E-state index contributed by atoms with van der Waals surface area (Å²) < 4.78 is 6.20. The molecule has 0 saturated carbocycles. The van der Waals surface area contributed by atoms with E-state index in [1.165, 1.54) is 0 Å². The molecule has 0 N–H and O–H groups in total. The van der Waals surface area contributed by atoms with Gasteiger partial charge < -0.3 is 4.42 Å². The molecule has 0 aliphatic rings. The molecule has 0 bridgehead atoms. The van der Waals surface area contributed by atoms with Gasteiger partial charge in [-0.2, -0.15) is 0 Å². The standard InChI is InChI=1S/C50H30N4O/c1-3-11-31(12-4-1)46-49(32-13-5-2-6-14-32)54-50-38(18-10-19-43(50)53-46)35-15-9-16-36(29-35)41-27-24-33-21-22-34-25-28-42(52-48(34)47(33)51-41)37-23-26-40-39-17-7-8-20-44(39)55-45(40)30-37/h1-30H. The monoisotopic (exact) mass is 702 g/mol. The lowest BCUT2D eigenvalue weighted by Gasteiger charge is -2.13. The summed E-state index contributed by atoms with van der Waals surface area (Å²) in [7, 11) is 0. The van der Waals surface area contributed by atoms with Crippen molar-refractivity contribution in [3.63, 3.8) is 0 Å². The highest BCUT2D eigenvalue weighted by molar-refractivity contribution is 6.07. The third-order valence-corrected chi connectivity index (χ3v) is 10.5. The predicted octanol–water partition coefficient (Wildman–Crippen LogP) is 13.0. The molecule has 0 spiro atoms. The van der Waals surface area contributed by atoms with Gasteiger partial charge in [-0.1, -0.05) is 140 Å². The molecule has 0 aliphatic heterocycles. The van der Waals surface area contributed by atoms with Gasteiger partial charge in [-0.15, -0.1) is 0 Å². The SMILES string of the molecule is c1ccc(-c2nc3cccc(-c4cccc(-c5ccc6ccc7ccc(-c8ccc9c(c8)oc8ccccc89)nc7c6n5)c4)c3nc2-c2ccccc2)cc1. The molecule has 0 fully saturated rings. The zero-order valence-electron chi connectivity index (χ0n) is 29.5. The molecule has 256 valence electrons. The van der Waals surface area contributed by atoms with Crippen LogP contribution in [0.5, 0.6) is 0 Å². The predicted molar refractivity (Wildman–Crippen MR) is 225 cm³/mol. The van der Waals surface area contributed by atoms with Crippen LogP contribution >= 0.6 is 0 Å². The third kappa shape index (κ3) is 5.33. The topological polar surface area (TPSA) is 64.7 Å². The summed E-state index contributed by atoms with van der Waals surface area (Å²) in [6, 6.07) is 62.5. The highest BCUT2D eigenvalue weighted by Crippen LogP contribution is 2.37. The van der Waals surface area contributed by atoms with Crippen molar-refractivity contribution in [1.29, 1.82) is 0 Å². The van der Waals surface area contributed by atoms with Crippen molar-refractivity contribution in [2.45, 2.75) is 0 Å². The molecule has 11 rings (SSSR count). The van der Waals surface area contributed by atoms with Crippen LogP contribution in [0.3, 0.4) is 0 Å². The second kappa shape index (κ2) is 12.6. The first-order chi connectivity index (χ1) is 27.2. The number of benzene rings is 7. The van der Waals surface area contributed by atoms with E-state index in [9.17, 15) is 0 Å². The van der Waals surface area contributed by atoms with Gasteiger partial charge in [0.05, 0.1) is 44.8 Å². The van der Waals surface area contributed by atoms with Crippen LogP contribution < -0.4 is 0 Å². The summed E-state index contributed by atoms with van der Waals surface area (Å²) >= 11 is 0. The quantitative estimate of drug-likeness (QED) is 0.167. The number of aromatic nitrogens is 4. The van der Waals surface area contributed by atoms with Gasteiger partial charge in [0.25, 0.3) is 0 Å². The Kier molecular flexibility index (Phi) is 7.10. The van der Waals surface area contributed by atoms with Crippen molar-refractivity contribution in [1.82, 2.24) is 19.9 Å². The minimum absolute atomic E-state index is 0.845. The van der Waals surface area contributed by atoms with Crippen LogP contribution in [-0.4, -0.2) is 19.9 Å². The Balaban J connectivity index is 1.02. The fraction of sp³-hybridized carbons (Fsp3) is 0. The second-order valence-electron chi connectivity index (χ2n) is 13.8. The van der Waals surface area contributed by atoms with E-state index in [1.807, 2.05) is 60.7 Å². The Hall–Kier alpha value is -7.50. The smallest absolute Gasteiger partial charge is 0.136 e. The molecule has 0 atom stereocenters. The van der Waals surface area contributed by atoms with Crippen LogP contribution in [0, 0.1) is 0 Å². The normalized spacial score (nSPS) is 11.6. The lowest BCUT2D eigenvalue weighted by Crippen LogP contribution is -1.97. The van der Waals surface area contributed by atoms with E-state index in [0.29, 0.717) is 0 Å². The number of hydrogen-bond donors (Lipinski definition) is 0. The Morgan fingerprint density at radius 1 is 0.327 bits per heavy atom. The molecule has 7 aromatic carbocycles. The number of para-hydroxylation sites is 2. The van der Waals surface area contributed by atoms with Crippen molar-refractivity contribution in [3.8, 4) is 56.2 Å². The van der Waals surface area contributed by atoms with Gasteiger partial charge in [-0.05, 0) is 48.0 Å². The summed E-state index contributed by atoms with van der Waals surface area (Å²) in [5, 5.41) is 4.29. The first-order valence-electron chi connectivity index (χ1n) is 18.4. The molecular formula is C50H30N4O. The van der Waals surface area contributed by atoms with Crippen LogP contribution in [0.2, 0.25) is 0 Å². The Morgan fingerprint density at radius 2 is 0.891 bits per heavy atom. The van der Waals surface area contributed by atoms with E-state index in [1.54, 1.807) is 0 Å². The number of fused-ring (bicyclic) bond motifs is 7. The number of hydrogen-bond acceptors (Lipinski definition) is 5. The van der Waals surface area contributed by atoms with Crippen LogP contribution in [0.15, 0.2) is 186 Å². The van der Waals surface area contributed by atoms with Crippen LogP contribution in [-0.2, 0) is 0 Å². The van der Waals surface area contributed by atoms with Crippen molar-refractivity contribution in [2.24, 2.45) is 0 Å². The van der Waals surface area contributed by atoms with Crippen molar-refractivity contribution >= 4 is 54.8 Å². The summed E-state index contributed by atoms with van der Waals surface area (Å²) in [4.78, 5) is 21.0. The molecule has 11 aromatic rings. The highest BCUT2D eigenvalue weighted by atomic mass is 16.3. The van der Waals surface area contributed by atoms with E-state index in [2.05, 4.69) is 121 Å². The van der Waals surface area contributed by atoms with Gasteiger partial charge in [-0.25, -0.2) is 19.9 Å². The first kappa shape index (κ1) is 31.1. The molecular weight excluding hydrogens is 673 g/mol. The maximum absolute atomic E-state index is 6.20. The molecule has 4 aromatic heterocycles. The van der Waals surface area contributed by atoms with Gasteiger partial charge >= 0.3 is 0 Å². The van der Waals surface area contributed by atoms with Gasteiger partial charge in [0, 0.05) is 49.4 Å². The number of nitrogens with zero attached hydrogens (tertiary/aromatic N) is 4. The molecule has 55 heavy (non-hydrogen) atoms. The van der Waals surface area contributed by atoms with E-state index in [-0.39, 0.29) is 0 Å². The van der Waals surface area contributed by atoms with E-state index < -0.39 is 0 Å². The largest absolute Gasteiger partial charge is 0.456 e. The zero-order chi connectivity index (χ0) is 36.3. The van der Waals surface area contributed by atoms with Crippen molar-refractivity contribution in [2.75, 3.05) is 0 Å². The number of pyridine rings is 2. The minimum atomic E-state index is 0.845. The second-order valence-corrected chi connectivity index (χ2v) is 13.8. The Morgan fingerprint density at radius 3 is 1.62 bits per heavy atom. The summed E-state index contributed by atoms with van der Waals surface area (Å²) in [6.45, 7) is 0. The van der Waals surface area contributed by atoms with Crippen LogP contribution in [0.1, 0.15) is 0 Å². The molecule has 0 aliphatic carbocycles. The Labute approximate surface area is 316 Å².